The molecule has 15 heteroatoms. The molecule has 57 heavy (non-hydrogen) atoms. The van der Waals surface area contributed by atoms with Gasteiger partial charge < -0.3 is 28.3 Å². The number of aromatic nitrogens is 2. The van der Waals surface area contributed by atoms with Crippen LogP contribution in [0.4, 0.5) is 0 Å². The van der Waals surface area contributed by atoms with Crippen molar-refractivity contribution in [3.05, 3.63) is 129 Å². The Balaban J connectivity index is 0.000000940. The molecule has 1 aromatic heterocycles. The second kappa shape index (κ2) is 20.1. The van der Waals surface area contributed by atoms with Gasteiger partial charge in [-0.2, -0.15) is 0 Å². The molecule has 5 atom stereocenters. The topological polar surface area (TPSA) is 151 Å². The molecule has 0 radical (unpaired) electrons. The van der Waals surface area contributed by atoms with E-state index in [1.54, 1.807) is 14.2 Å². The maximum atomic E-state index is 13.3. The Kier molecular flexibility index (Phi) is 16.1. The summed E-state index contributed by atoms with van der Waals surface area (Å²) in [6.07, 6.45) is -2.74. The lowest BCUT2D eigenvalue weighted by molar-refractivity contribution is -0.108. The lowest BCUT2D eigenvalue weighted by Crippen LogP contribution is -2.52. The van der Waals surface area contributed by atoms with Crippen LogP contribution in [0.15, 0.2) is 101 Å². The van der Waals surface area contributed by atoms with Crippen LogP contribution >= 0.6 is 8.25 Å². The zero-order chi connectivity index (χ0) is 42.0. The lowest BCUT2D eigenvalue weighted by atomic mass is 9.79. The number of benzene rings is 3. The predicted molar refractivity (Wildman–Crippen MR) is 224 cm³/mol. The maximum absolute atomic E-state index is 13.3. The minimum Gasteiger partial charge on any atom is -0.497 e. The summed E-state index contributed by atoms with van der Waals surface area (Å²) in [5, 5.41) is -0.274. The van der Waals surface area contributed by atoms with E-state index in [0.717, 1.165) is 16.7 Å². The molecule has 0 amide bonds. The Morgan fingerprint density at radius 3 is 1.74 bits per heavy atom. The number of nitrogens with one attached hydrogen (secondary N) is 1. The molecule has 310 valence electrons. The third kappa shape index (κ3) is 10.9. The van der Waals surface area contributed by atoms with Crippen LogP contribution in [0.3, 0.4) is 0 Å². The van der Waals surface area contributed by atoms with E-state index in [1.807, 2.05) is 78.9 Å². The highest BCUT2D eigenvalue weighted by molar-refractivity contribution is 7.32. The van der Waals surface area contributed by atoms with Gasteiger partial charge in [0.15, 0.2) is 14.5 Å². The van der Waals surface area contributed by atoms with Gasteiger partial charge in [0, 0.05) is 16.8 Å². The van der Waals surface area contributed by atoms with Crippen LogP contribution in [0, 0.1) is 0 Å². The zero-order valence-electron chi connectivity index (χ0n) is 34.8. The van der Waals surface area contributed by atoms with Crippen molar-refractivity contribution in [3.8, 4) is 11.5 Å². The van der Waals surface area contributed by atoms with Crippen LogP contribution in [0.1, 0.15) is 64.5 Å². The lowest BCUT2D eigenvalue weighted by Gasteiger charge is -2.43. The van der Waals surface area contributed by atoms with Crippen LogP contribution in [0.2, 0.25) is 18.1 Å². The van der Waals surface area contributed by atoms with Gasteiger partial charge in [-0.15, -0.1) is 9.42 Å². The number of ether oxygens (including phenoxy) is 4. The number of hydrogen-bond donors (Lipinski definition) is 2. The maximum Gasteiger partial charge on any atom is 0.694 e. The second-order valence-corrected chi connectivity index (χ2v) is 20.7. The molecule has 0 aliphatic carbocycles. The van der Waals surface area contributed by atoms with E-state index >= 15 is 0 Å². The monoisotopic (exact) mass is 824 g/mol. The number of nitrogens with zero attached hydrogens (tertiary/aromatic N) is 2. The molecule has 5 rings (SSSR count). The summed E-state index contributed by atoms with van der Waals surface area (Å²) in [6.45, 7) is 20.2. The molecule has 2 N–H and O–H groups in total. The first-order valence-corrected chi connectivity index (χ1v) is 23.3. The van der Waals surface area contributed by atoms with E-state index in [4.69, 9.17) is 27.9 Å². The third-order valence-corrected chi connectivity index (χ3v) is 15.7. The number of hydrogen-bond acceptors (Lipinski definition) is 10. The summed E-state index contributed by atoms with van der Waals surface area (Å²) in [6, 6.07) is 25.9. The highest BCUT2D eigenvalue weighted by Gasteiger charge is 2.55. The SMILES string of the molecule is CCN(CC)CC.COc1ccc(C(O[C@H]2[C@@H](O[Si](C)(C)C(C)(C)C)[C@H](n3ccc(=O)[nH]c3=O)O[C@@H]2CO[P+](=O)O)(c2ccccc2)c2ccc(OC)cc2)cc1. The van der Waals surface area contributed by atoms with Crippen LogP contribution in [0.25, 0.3) is 0 Å². The van der Waals surface area contributed by atoms with Crippen molar-refractivity contribution in [3.63, 3.8) is 0 Å². The quantitative estimate of drug-likeness (QED) is 0.0669. The van der Waals surface area contributed by atoms with Gasteiger partial charge >= 0.3 is 13.9 Å². The van der Waals surface area contributed by atoms with Crippen molar-refractivity contribution in [2.45, 2.75) is 89.8 Å². The van der Waals surface area contributed by atoms with Crippen molar-refractivity contribution in [1.29, 1.82) is 0 Å². The number of H-pyrrole nitrogens is 1. The Morgan fingerprint density at radius 1 is 0.807 bits per heavy atom. The highest BCUT2D eigenvalue weighted by Crippen LogP contribution is 2.48. The van der Waals surface area contributed by atoms with Crippen molar-refractivity contribution < 1.29 is 37.4 Å². The van der Waals surface area contributed by atoms with Crippen molar-refractivity contribution >= 4 is 16.6 Å². The third-order valence-electron chi connectivity index (χ3n) is 10.8. The molecule has 1 fully saturated rings. The van der Waals surface area contributed by atoms with E-state index in [1.165, 1.54) is 36.5 Å². The molecule has 4 aromatic rings. The molecule has 0 saturated carbocycles. The number of methoxy groups -OCH3 is 2. The van der Waals surface area contributed by atoms with Gasteiger partial charge in [0.05, 0.1) is 14.2 Å². The summed E-state index contributed by atoms with van der Waals surface area (Å²) in [5.41, 5.74) is -0.388. The predicted octanol–water partition coefficient (Wildman–Crippen LogP) is 7.23. The van der Waals surface area contributed by atoms with Gasteiger partial charge in [-0.3, -0.25) is 14.3 Å². The standard InChI is InChI=1S/C36H43N2O10PSi.C6H15N/c1-35(2,3)50(6,7)48-32-31(29(23-45-49(41)42)46-33(32)38-22-21-30(39)37-34(38)40)47-36(24-11-9-8-10-12-24,25-13-17-27(43-4)18-14-25)26-15-19-28(44-5)20-16-26;1-4-7(5-2)6-3/h8-22,29,31-33H,23H2,1-7H3,(H-,37,39,40,41,42);4-6H2,1-3H3/p+1/t29-,31-,32-,33-;/m1./s1. The minimum atomic E-state index is -3.01. The van der Waals surface area contributed by atoms with E-state index in [9.17, 15) is 19.0 Å². The fraction of sp³-hybridized carbons (Fsp3) is 0.476. The van der Waals surface area contributed by atoms with E-state index < -0.39 is 58.0 Å². The zero-order valence-corrected chi connectivity index (χ0v) is 36.7. The van der Waals surface area contributed by atoms with Crippen LogP contribution in [-0.4, -0.2) is 86.4 Å². The minimum absolute atomic E-state index is 0.274. The molecule has 0 spiro atoms. The van der Waals surface area contributed by atoms with Crippen LogP contribution < -0.4 is 20.7 Å². The summed E-state index contributed by atoms with van der Waals surface area (Å²) in [5.74, 6) is 1.29. The van der Waals surface area contributed by atoms with Gasteiger partial charge in [-0.1, -0.05) is 96.1 Å². The summed E-state index contributed by atoms with van der Waals surface area (Å²) in [7, 11) is -2.49. The van der Waals surface area contributed by atoms with Gasteiger partial charge in [-0.05, 0) is 78.7 Å². The number of aromatic amines is 1. The van der Waals surface area contributed by atoms with E-state index in [0.29, 0.717) is 11.5 Å². The largest absolute Gasteiger partial charge is 0.694 e. The van der Waals surface area contributed by atoms with Gasteiger partial charge in [0.2, 0.25) is 0 Å². The molecule has 1 saturated heterocycles. The Bertz CT molecular complexity index is 1930. The van der Waals surface area contributed by atoms with Crippen molar-refractivity contribution in [2.75, 3.05) is 40.5 Å². The van der Waals surface area contributed by atoms with Crippen LogP contribution in [-0.2, 0) is 28.6 Å². The highest BCUT2D eigenvalue weighted by atomic mass is 31.1. The van der Waals surface area contributed by atoms with Gasteiger partial charge in [-0.25, -0.2) is 4.79 Å². The molecular formula is C42H59N3O10PSi+. The fourth-order valence-electron chi connectivity index (χ4n) is 6.52. The molecule has 1 unspecified atom stereocenters. The van der Waals surface area contributed by atoms with Gasteiger partial charge in [0.25, 0.3) is 5.56 Å². The molecular weight excluding hydrogens is 766 g/mol. The van der Waals surface area contributed by atoms with Crippen molar-refractivity contribution in [2.24, 2.45) is 0 Å². The smallest absolute Gasteiger partial charge is 0.497 e. The van der Waals surface area contributed by atoms with E-state index in [2.05, 4.69) is 64.5 Å². The Morgan fingerprint density at radius 2 is 1.32 bits per heavy atom. The second-order valence-electron chi connectivity index (χ2n) is 15.2. The first-order chi connectivity index (χ1) is 27.0. The van der Waals surface area contributed by atoms with E-state index in [-0.39, 0.29) is 11.6 Å². The molecule has 13 nitrogen and oxygen atoms in total. The molecule has 2 heterocycles. The summed E-state index contributed by atoms with van der Waals surface area (Å²) < 4.78 is 50.5. The summed E-state index contributed by atoms with van der Waals surface area (Å²) >= 11 is 0. The molecule has 3 aromatic carbocycles. The Labute approximate surface area is 337 Å². The summed E-state index contributed by atoms with van der Waals surface area (Å²) in [4.78, 5) is 39.8. The molecule has 1 aliphatic heterocycles. The normalized spacial score (nSPS) is 18.8. The average Bonchev–Trinajstić information content (AvgIpc) is 3.51. The van der Waals surface area contributed by atoms with Crippen molar-refractivity contribution in [1.82, 2.24) is 14.5 Å². The van der Waals surface area contributed by atoms with Crippen LogP contribution in [0.5, 0.6) is 11.5 Å². The average molecular weight is 825 g/mol. The molecule has 1 aliphatic rings. The first kappa shape index (κ1) is 45.7. The molecule has 0 bridgehead atoms. The number of rotatable bonds is 16. The fourth-order valence-corrected chi connectivity index (χ4v) is 8.08. The van der Waals surface area contributed by atoms with Gasteiger partial charge in [0.1, 0.15) is 42.0 Å². The first-order valence-electron chi connectivity index (χ1n) is 19.2. The Hall–Kier alpha value is -3.98.